The number of nitrogens with zero attached hydrogens (tertiary/aromatic N) is 4. The van der Waals surface area contributed by atoms with E-state index < -0.39 is 6.04 Å². The molecule has 0 spiro atoms. The number of aromatic nitrogens is 3. The zero-order valence-electron chi connectivity index (χ0n) is 18.3. The van der Waals surface area contributed by atoms with Crippen molar-refractivity contribution in [2.75, 3.05) is 10.2 Å². The number of hydrogen-bond acceptors (Lipinski definition) is 4. The van der Waals surface area contributed by atoms with Crippen molar-refractivity contribution < 1.29 is 9.59 Å². The number of imidazole rings is 1. The Hall–Kier alpha value is -4.52. The van der Waals surface area contributed by atoms with Gasteiger partial charge in [0.15, 0.2) is 0 Å². The maximum absolute atomic E-state index is 13.5. The SMILES string of the molecule is O=C(C[C@H]1C(=O)N(Cc2ccccn2)c2nc3ccccc3n21)Nc1cccc2ccccc12. The predicted octanol–water partition coefficient (Wildman–Crippen LogP) is 4.70. The molecule has 1 atom stereocenters. The average Bonchev–Trinajstić information content (AvgIpc) is 3.36. The highest BCUT2D eigenvalue weighted by Crippen LogP contribution is 2.37. The van der Waals surface area contributed by atoms with Gasteiger partial charge in [-0.25, -0.2) is 4.98 Å². The molecule has 3 heterocycles. The standard InChI is InChI=1S/C27H21N5O2/c33-25(29-21-13-7-9-18-8-1-2-11-20(18)21)16-24-26(34)31(17-19-10-5-6-15-28-19)27-30-22-12-3-4-14-23(22)32(24)27/h1-15,24H,16-17H2,(H,29,33)/t24-/m0/s1. The fourth-order valence-corrected chi connectivity index (χ4v) is 4.61. The van der Waals surface area contributed by atoms with Crippen LogP contribution in [0.5, 0.6) is 0 Å². The van der Waals surface area contributed by atoms with E-state index in [2.05, 4.69) is 10.3 Å². The summed E-state index contributed by atoms with van der Waals surface area (Å²) in [5.74, 6) is 0.157. The number of para-hydroxylation sites is 2. The Bertz CT molecular complexity index is 1540. The van der Waals surface area contributed by atoms with E-state index in [0.717, 1.165) is 33.2 Å². The normalized spacial score (nSPS) is 15.1. The summed E-state index contributed by atoms with van der Waals surface area (Å²) in [5, 5.41) is 5.02. The van der Waals surface area contributed by atoms with Gasteiger partial charge in [-0.05, 0) is 35.7 Å². The zero-order chi connectivity index (χ0) is 23.1. The lowest BCUT2D eigenvalue weighted by Gasteiger charge is -2.16. The molecule has 1 aliphatic rings. The monoisotopic (exact) mass is 447 g/mol. The molecule has 0 saturated carbocycles. The highest BCUT2D eigenvalue weighted by Gasteiger charge is 2.41. The fraction of sp³-hybridized carbons (Fsp3) is 0.111. The molecule has 0 saturated heterocycles. The summed E-state index contributed by atoms with van der Waals surface area (Å²) in [6.45, 7) is 0.296. The lowest BCUT2D eigenvalue weighted by Crippen LogP contribution is -2.31. The smallest absolute Gasteiger partial charge is 0.253 e. The minimum atomic E-state index is -0.680. The number of hydrogen-bond donors (Lipinski definition) is 1. The Morgan fingerprint density at radius 1 is 0.912 bits per heavy atom. The van der Waals surface area contributed by atoms with E-state index >= 15 is 0 Å². The third kappa shape index (κ3) is 3.38. The average molecular weight is 447 g/mol. The minimum Gasteiger partial charge on any atom is -0.325 e. The van der Waals surface area contributed by atoms with Crippen LogP contribution in [-0.2, 0) is 16.1 Å². The van der Waals surface area contributed by atoms with Crippen LogP contribution in [0.25, 0.3) is 21.8 Å². The number of fused-ring (bicyclic) bond motifs is 4. The third-order valence-corrected chi connectivity index (χ3v) is 6.17. The second kappa shape index (κ2) is 8.12. The number of carbonyl (C=O) groups is 2. The first kappa shape index (κ1) is 20.1. The van der Waals surface area contributed by atoms with Crippen LogP contribution in [-0.4, -0.2) is 26.3 Å². The largest absolute Gasteiger partial charge is 0.325 e. The Morgan fingerprint density at radius 2 is 1.71 bits per heavy atom. The molecule has 166 valence electrons. The predicted molar refractivity (Wildman–Crippen MR) is 131 cm³/mol. The molecule has 2 aromatic heterocycles. The molecule has 3 aromatic carbocycles. The van der Waals surface area contributed by atoms with E-state index in [-0.39, 0.29) is 18.2 Å². The summed E-state index contributed by atoms with van der Waals surface area (Å²) in [7, 11) is 0. The zero-order valence-corrected chi connectivity index (χ0v) is 18.3. The van der Waals surface area contributed by atoms with Crippen LogP contribution >= 0.6 is 0 Å². The van der Waals surface area contributed by atoms with Crippen LogP contribution in [0, 0.1) is 0 Å². The Morgan fingerprint density at radius 3 is 2.59 bits per heavy atom. The summed E-state index contributed by atoms with van der Waals surface area (Å²) in [6, 6.07) is 26.3. The lowest BCUT2D eigenvalue weighted by atomic mass is 10.1. The van der Waals surface area contributed by atoms with Crippen LogP contribution < -0.4 is 10.2 Å². The first-order chi connectivity index (χ1) is 16.7. The van der Waals surface area contributed by atoms with Gasteiger partial charge in [0.05, 0.1) is 29.7 Å². The molecule has 7 heteroatoms. The van der Waals surface area contributed by atoms with Crippen LogP contribution in [0.15, 0.2) is 91.1 Å². The van der Waals surface area contributed by atoms with Crippen LogP contribution in [0.3, 0.4) is 0 Å². The number of pyridine rings is 1. The summed E-state index contributed by atoms with van der Waals surface area (Å²) < 4.78 is 1.88. The van der Waals surface area contributed by atoms with Gasteiger partial charge in [0.25, 0.3) is 5.91 Å². The summed E-state index contributed by atoms with van der Waals surface area (Å²) >= 11 is 0. The maximum atomic E-state index is 13.5. The van der Waals surface area contributed by atoms with Gasteiger partial charge in [-0.2, -0.15) is 0 Å². The molecule has 7 nitrogen and oxygen atoms in total. The number of benzene rings is 3. The van der Waals surface area contributed by atoms with Crippen molar-refractivity contribution in [3.05, 3.63) is 96.8 Å². The van der Waals surface area contributed by atoms with E-state index in [4.69, 9.17) is 4.98 Å². The van der Waals surface area contributed by atoms with Gasteiger partial charge in [0.1, 0.15) is 6.04 Å². The molecular formula is C27H21N5O2. The van der Waals surface area contributed by atoms with Crippen molar-refractivity contribution in [3.8, 4) is 0 Å². The quantitative estimate of drug-likeness (QED) is 0.423. The number of carbonyl (C=O) groups excluding carboxylic acids is 2. The molecule has 2 amide bonds. The third-order valence-electron chi connectivity index (χ3n) is 6.17. The Balaban J connectivity index is 1.33. The first-order valence-corrected chi connectivity index (χ1v) is 11.1. The first-order valence-electron chi connectivity index (χ1n) is 11.1. The molecule has 6 rings (SSSR count). The van der Waals surface area contributed by atoms with Crippen LogP contribution in [0.1, 0.15) is 18.2 Å². The molecular weight excluding hydrogens is 426 g/mol. The van der Waals surface area contributed by atoms with Gasteiger partial charge in [0.2, 0.25) is 11.9 Å². The van der Waals surface area contributed by atoms with Crippen LogP contribution in [0.2, 0.25) is 0 Å². The van der Waals surface area contributed by atoms with Crippen molar-refractivity contribution in [1.29, 1.82) is 0 Å². The Labute approximate surface area is 195 Å². The van der Waals surface area contributed by atoms with E-state index in [0.29, 0.717) is 12.5 Å². The second-order valence-corrected chi connectivity index (χ2v) is 8.31. The van der Waals surface area contributed by atoms with E-state index in [1.165, 1.54) is 0 Å². The lowest BCUT2D eigenvalue weighted by molar-refractivity contribution is -0.124. The van der Waals surface area contributed by atoms with Crippen molar-refractivity contribution >= 4 is 45.3 Å². The second-order valence-electron chi connectivity index (χ2n) is 8.31. The van der Waals surface area contributed by atoms with Gasteiger partial charge in [-0.3, -0.25) is 24.0 Å². The molecule has 5 aromatic rings. The van der Waals surface area contributed by atoms with Crippen molar-refractivity contribution in [3.63, 3.8) is 0 Å². The van der Waals surface area contributed by atoms with Gasteiger partial charge in [0, 0.05) is 17.3 Å². The number of amides is 2. The molecule has 0 bridgehead atoms. The van der Waals surface area contributed by atoms with Crippen molar-refractivity contribution in [2.24, 2.45) is 0 Å². The Kier molecular flexibility index (Phi) is 4.80. The highest BCUT2D eigenvalue weighted by atomic mass is 16.2. The van der Waals surface area contributed by atoms with Crippen molar-refractivity contribution in [2.45, 2.75) is 19.0 Å². The molecule has 1 aliphatic heterocycles. The van der Waals surface area contributed by atoms with Gasteiger partial charge >= 0.3 is 0 Å². The number of rotatable bonds is 5. The van der Waals surface area contributed by atoms with Gasteiger partial charge in [-0.15, -0.1) is 0 Å². The van der Waals surface area contributed by atoms with Crippen molar-refractivity contribution in [1.82, 2.24) is 14.5 Å². The molecule has 0 unspecified atom stereocenters. The van der Waals surface area contributed by atoms with E-state index in [1.807, 2.05) is 89.5 Å². The van der Waals surface area contributed by atoms with E-state index in [1.54, 1.807) is 11.1 Å². The molecule has 0 aliphatic carbocycles. The van der Waals surface area contributed by atoms with Gasteiger partial charge in [-0.1, -0.05) is 54.6 Å². The molecule has 34 heavy (non-hydrogen) atoms. The fourth-order valence-electron chi connectivity index (χ4n) is 4.61. The topological polar surface area (TPSA) is 80.1 Å². The highest BCUT2D eigenvalue weighted by molar-refractivity contribution is 6.07. The summed E-state index contributed by atoms with van der Waals surface area (Å²) in [5.41, 5.74) is 3.11. The molecule has 1 N–H and O–H groups in total. The van der Waals surface area contributed by atoms with Gasteiger partial charge < -0.3 is 5.32 Å². The maximum Gasteiger partial charge on any atom is 0.253 e. The van der Waals surface area contributed by atoms with Crippen LogP contribution in [0.4, 0.5) is 11.6 Å². The summed E-state index contributed by atoms with van der Waals surface area (Å²) in [6.07, 6.45) is 1.71. The minimum absolute atomic E-state index is 0.00806. The number of nitrogens with one attached hydrogen (secondary N) is 1. The summed E-state index contributed by atoms with van der Waals surface area (Å²) in [4.78, 5) is 37.4. The molecule has 0 fully saturated rings. The molecule has 0 radical (unpaired) electrons. The van der Waals surface area contributed by atoms with E-state index in [9.17, 15) is 9.59 Å². The number of anilines is 2.